The van der Waals surface area contributed by atoms with Gasteiger partial charge in [0.2, 0.25) is 0 Å². The third-order valence-electron chi connectivity index (χ3n) is 3.19. The van der Waals surface area contributed by atoms with Gasteiger partial charge in [-0.3, -0.25) is 9.59 Å². The van der Waals surface area contributed by atoms with Gasteiger partial charge < -0.3 is 14.4 Å². The van der Waals surface area contributed by atoms with Crippen LogP contribution in [0.4, 0.5) is 0 Å². The van der Waals surface area contributed by atoms with Crippen molar-refractivity contribution in [2.45, 2.75) is 13.8 Å². The molecule has 0 aromatic carbocycles. The molecule has 5 nitrogen and oxygen atoms in total. The van der Waals surface area contributed by atoms with E-state index in [-0.39, 0.29) is 18.4 Å². The van der Waals surface area contributed by atoms with Gasteiger partial charge in [-0.25, -0.2) is 0 Å². The Balaban J connectivity index is 2.10. The average molecular weight is 237 g/mol. The maximum Gasteiger partial charge on any atom is 0.308 e. The Morgan fingerprint density at radius 1 is 1.47 bits per heavy atom. The van der Waals surface area contributed by atoms with E-state index >= 15 is 0 Å². The number of carbonyl (C=O) groups is 2. The van der Waals surface area contributed by atoms with Gasteiger partial charge in [-0.05, 0) is 18.9 Å². The van der Waals surface area contributed by atoms with Gasteiger partial charge in [0, 0.05) is 13.1 Å². The Morgan fingerprint density at radius 2 is 2.18 bits per heavy atom. The topological polar surface area (TPSA) is 70.8 Å². The first-order valence-corrected chi connectivity index (χ1v) is 5.56. The van der Waals surface area contributed by atoms with E-state index < -0.39 is 11.9 Å². The Hall–Kier alpha value is -1.78. The van der Waals surface area contributed by atoms with E-state index in [2.05, 4.69) is 0 Å². The van der Waals surface area contributed by atoms with Gasteiger partial charge in [0.1, 0.15) is 12.0 Å². The maximum atomic E-state index is 12.0. The largest absolute Gasteiger partial charge is 0.481 e. The van der Waals surface area contributed by atoms with Crippen LogP contribution in [-0.2, 0) is 4.79 Å². The molecule has 0 spiro atoms. The summed E-state index contributed by atoms with van der Waals surface area (Å²) in [5.41, 5.74) is 0.487. The lowest BCUT2D eigenvalue weighted by atomic mass is 9.99. The number of likely N-dealkylation sites (tertiary alicyclic amines) is 1. The van der Waals surface area contributed by atoms with Crippen molar-refractivity contribution in [1.29, 1.82) is 0 Å². The molecule has 2 unspecified atom stereocenters. The number of furan rings is 1. The third kappa shape index (κ3) is 2.18. The summed E-state index contributed by atoms with van der Waals surface area (Å²) in [7, 11) is 0. The zero-order valence-corrected chi connectivity index (χ0v) is 9.84. The molecule has 1 aromatic rings. The molecule has 0 saturated carbocycles. The first-order chi connectivity index (χ1) is 7.99. The Kier molecular flexibility index (Phi) is 2.92. The Morgan fingerprint density at radius 3 is 2.65 bits per heavy atom. The van der Waals surface area contributed by atoms with Crippen molar-refractivity contribution < 1.29 is 19.1 Å². The summed E-state index contributed by atoms with van der Waals surface area (Å²) in [6.45, 7) is 4.38. The van der Waals surface area contributed by atoms with Gasteiger partial charge in [-0.1, -0.05) is 6.92 Å². The molecule has 5 heteroatoms. The molecule has 1 aliphatic rings. The summed E-state index contributed by atoms with van der Waals surface area (Å²) in [6.07, 6.45) is 1.41. The summed E-state index contributed by atoms with van der Waals surface area (Å²) < 4.78 is 5.08. The first-order valence-electron chi connectivity index (χ1n) is 5.56. The Labute approximate surface area is 99.0 Å². The number of carbonyl (C=O) groups excluding carboxylic acids is 1. The van der Waals surface area contributed by atoms with Gasteiger partial charge in [0.15, 0.2) is 0 Å². The zero-order valence-electron chi connectivity index (χ0n) is 9.84. The number of amides is 1. The van der Waals surface area contributed by atoms with Crippen molar-refractivity contribution >= 4 is 11.9 Å². The lowest BCUT2D eigenvalue weighted by Gasteiger charge is -2.14. The van der Waals surface area contributed by atoms with Gasteiger partial charge >= 0.3 is 5.97 Å². The van der Waals surface area contributed by atoms with Crippen molar-refractivity contribution in [2.75, 3.05) is 13.1 Å². The van der Waals surface area contributed by atoms with E-state index in [0.717, 1.165) is 0 Å². The van der Waals surface area contributed by atoms with E-state index in [9.17, 15) is 9.59 Å². The lowest BCUT2D eigenvalue weighted by molar-refractivity contribution is -0.142. The lowest BCUT2D eigenvalue weighted by Crippen LogP contribution is -2.29. The van der Waals surface area contributed by atoms with E-state index in [1.807, 2.05) is 6.92 Å². The minimum atomic E-state index is -0.837. The van der Waals surface area contributed by atoms with Crippen molar-refractivity contribution in [3.63, 3.8) is 0 Å². The highest BCUT2D eigenvalue weighted by Crippen LogP contribution is 2.25. The molecule has 2 heterocycles. The molecule has 1 amide bonds. The molecule has 0 aliphatic carbocycles. The van der Waals surface area contributed by atoms with Crippen LogP contribution in [0.15, 0.2) is 16.7 Å². The summed E-state index contributed by atoms with van der Waals surface area (Å²) in [5.74, 6) is -0.791. The highest BCUT2D eigenvalue weighted by atomic mass is 16.4. The van der Waals surface area contributed by atoms with Crippen LogP contribution in [0.5, 0.6) is 0 Å². The van der Waals surface area contributed by atoms with Gasteiger partial charge in [-0.2, -0.15) is 0 Å². The highest BCUT2D eigenvalue weighted by molar-refractivity contribution is 5.94. The van der Waals surface area contributed by atoms with Crippen LogP contribution in [0.25, 0.3) is 0 Å². The summed E-state index contributed by atoms with van der Waals surface area (Å²) in [4.78, 5) is 24.6. The number of hydrogen-bond donors (Lipinski definition) is 1. The van der Waals surface area contributed by atoms with Crippen LogP contribution in [0.3, 0.4) is 0 Å². The number of carboxylic acid groups (broad SMARTS) is 1. The zero-order chi connectivity index (χ0) is 12.6. The van der Waals surface area contributed by atoms with Crippen LogP contribution in [0.1, 0.15) is 23.0 Å². The molecule has 1 fully saturated rings. The molecule has 0 bridgehead atoms. The fourth-order valence-electron chi connectivity index (χ4n) is 2.19. The normalized spacial score (nSPS) is 24.0. The van der Waals surface area contributed by atoms with Gasteiger partial charge in [-0.15, -0.1) is 0 Å². The maximum absolute atomic E-state index is 12.0. The summed E-state index contributed by atoms with van der Waals surface area (Å²) >= 11 is 0. The molecular formula is C12H15NO4. The fraction of sp³-hybridized carbons (Fsp3) is 0.500. The number of rotatable bonds is 2. The van der Waals surface area contributed by atoms with Crippen LogP contribution < -0.4 is 0 Å². The average Bonchev–Trinajstić information content (AvgIpc) is 2.83. The molecule has 92 valence electrons. The van der Waals surface area contributed by atoms with Gasteiger partial charge in [0.05, 0.1) is 11.5 Å². The highest BCUT2D eigenvalue weighted by Gasteiger charge is 2.37. The predicted octanol–water partition coefficient (Wildman–Crippen LogP) is 1.38. The van der Waals surface area contributed by atoms with E-state index in [1.165, 1.54) is 6.26 Å². The van der Waals surface area contributed by atoms with Crippen LogP contribution >= 0.6 is 0 Å². The van der Waals surface area contributed by atoms with Crippen molar-refractivity contribution in [3.05, 3.63) is 23.7 Å². The van der Waals surface area contributed by atoms with E-state index in [0.29, 0.717) is 17.9 Å². The van der Waals surface area contributed by atoms with E-state index in [1.54, 1.807) is 17.9 Å². The van der Waals surface area contributed by atoms with Crippen LogP contribution in [-0.4, -0.2) is 35.0 Å². The molecule has 2 rings (SSSR count). The second-order valence-corrected chi connectivity index (χ2v) is 4.58. The monoisotopic (exact) mass is 237 g/mol. The van der Waals surface area contributed by atoms with Crippen molar-refractivity contribution in [2.24, 2.45) is 11.8 Å². The van der Waals surface area contributed by atoms with Crippen LogP contribution in [0, 0.1) is 18.8 Å². The molecule has 1 aliphatic heterocycles. The van der Waals surface area contributed by atoms with Crippen molar-refractivity contribution in [3.8, 4) is 0 Å². The number of nitrogens with zero attached hydrogens (tertiary/aromatic N) is 1. The summed E-state index contributed by atoms with van der Waals surface area (Å²) in [6, 6.07) is 1.67. The van der Waals surface area contributed by atoms with Crippen molar-refractivity contribution in [1.82, 2.24) is 4.90 Å². The second kappa shape index (κ2) is 4.24. The fourth-order valence-corrected chi connectivity index (χ4v) is 2.19. The summed E-state index contributed by atoms with van der Waals surface area (Å²) in [5, 5.41) is 9.00. The van der Waals surface area contributed by atoms with Gasteiger partial charge in [0.25, 0.3) is 5.91 Å². The van der Waals surface area contributed by atoms with E-state index in [4.69, 9.17) is 9.52 Å². The molecule has 17 heavy (non-hydrogen) atoms. The minimum Gasteiger partial charge on any atom is -0.481 e. The quantitative estimate of drug-likeness (QED) is 0.843. The Bertz CT molecular complexity index is 451. The SMILES string of the molecule is Cc1cc(C(=O)N2CC(C)C(C(=O)O)C2)co1. The standard InChI is InChI=1S/C12H15NO4/c1-7-4-13(5-10(7)12(15)16)11(14)9-3-8(2)17-6-9/h3,6-7,10H,4-5H2,1-2H3,(H,15,16). The number of aliphatic carboxylic acids is 1. The third-order valence-corrected chi connectivity index (χ3v) is 3.19. The molecule has 1 saturated heterocycles. The van der Waals surface area contributed by atoms with Crippen LogP contribution in [0.2, 0.25) is 0 Å². The molecule has 1 N–H and O–H groups in total. The molecule has 2 atom stereocenters. The predicted molar refractivity (Wildman–Crippen MR) is 59.6 cm³/mol. The molecule has 0 radical (unpaired) electrons. The minimum absolute atomic E-state index is 0.00977. The molecule has 1 aromatic heterocycles. The number of hydrogen-bond acceptors (Lipinski definition) is 3. The first kappa shape index (κ1) is 11.7. The number of aryl methyl sites for hydroxylation is 1. The second-order valence-electron chi connectivity index (χ2n) is 4.58. The smallest absolute Gasteiger partial charge is 0.308 e. The number of carboxylic acids is 1. The molecular weight excluding hydrogens is 222 g/mol.